The van der Waals surface area contributed by atoms with E-state index >= 15 is 0 Å². The van der Waals surface area contributed by atoms with Gasteiger partial charge in [0.25, 0.3) is 0 Å². The van der Waals surface area contributed by atoms with E-state index in [9.17, 15) is 4.79 Å². The number of hydrogen-bond donors (Lipinski definition) is 1. The largest absolute Gasteiger partial charge is 0.497 e. The molecule has 1 aliphatic heterocycles. The van der Waals surface area contributed by atoms with Crippen molar-refractivity contribution in [2.45, 2.75) is 24.7 Å². The first-order chi connectivity index (χ1) is 15.6. The van der Waals surface area contributed by atoms with Crippen molar-refractivity contribution in [2.75, 3.05) is 26.6 Å². The molecule has 1 N–H and O–H groups in total. The Morgan fingerprint density at radius 3 is 2.34 bits per heavy atom. The van der Waals surface area contributed by atoms with E-state index in [0.29, 0.717) is 17.9 Å². The van der Waals surface area contributed by atoms with Gasteiger partial charge in [0.2, 0.25) is 0 Å². The van der Waals surface area contributed by atoms with Crippen LogP contribution in [0.25, 0.3) is 0 Å². The van der Waals surface area contributed by atoms with Gasteiger partial charge in [0.1, 0.15) is 5.75 Å². The lowest BCUT2D eigenvalue weighted by atomic mass is 9.73. The van der Waals surface area contributed by atoms with E-state index < -0.39 is 0 Å². The number of rotatable bonds is 5. The zero-order valence-electron chi connectivity index (χ0n) is 18.3. The Labute approximate surface area is 191 Å². The molecule has 2 aliphatic rings. The SMILES string of the molecule is COc1ccc(C2C3=C(CC(c4cccs4)CC3=O)Nc3cc(OC)c(OC)cc32)cc1. The number of Topliss-reactive ketones (excluding diaryl/α,β-unsaturated/α-hetero) is 1. The highest BCUT2D eigenvalue weighted by molar-refractivity contribution is 7.10. The fourth-order valence-corrected chi connectivity index (χ4v) is 5.64. The summed E-state index contributed by atoms with van der Waals surface area (Å²) in [6.45, 7) is 0. The number of ether oxygens (including phenoxy) is 3. The van der Waals surface area contributed by atoms with Crippen LogP contribution in [0.15, 0.2) is 65.2 Å². The molecule has 2 unspecified atom stereocenters. The standard InChI is InChI=1S/C26H25NO4S/c1-29-17-8-6-15(7-9-17)25-18-13-22(30-2)23(31-3)14-19(18)27-20-11-16(12-21(28)26(20)25)24-5-4-10-32-24/h4-10,13-14,16,25,27H,11-12H2,1-3H3. The van der Waals surface area contributed by atoms with E-state index in [-0.39, 0.29) is 17.6 Å². The minimum Gasteiger partial charge on any atom is -0.497 e. The van der Waals surface area contributed by atoms with Crippen LogP contribution in [0.2, 0.25) is 0 Å². The Hall–Kier alpha value is -3.25. The average molecular weight is 448 g/mol. The number of ketones is 1. The molecule has 0 bridgehead atoms. The van der Waals surface area contributed by atoms with Gasteiger partial charge in [-0.15, -0.1) is 11.3 Å². The minimum absolute atomic E-state index is 0.177. The van der Waals surface area contributed by atoms with Crippen molar-refractivity contribution in [3.05, 3.63) is 81.2 Å². The van der Waals surface area contributed by atoms with Crippen LogP contribution in [0.5, 0.6) is 17.2 Å². The third-order valence-electron chi connectivity index (χ3n) is 6.34. The Morgan fingerprint density at radius 2 is 1.69 bits per heavy atom. The van der Waals surface area contributed by atoms with Gasteiger partial charge in [-0.05, 0) is 47.2 Å². The molecule has 0 saturated heterocycles. The molecule has 0 spiro atoms. The summed E-state index contributed by atoms with van der Waals surface area (Å²) in [5.74, 6) is 2.31. The van der Waals surface area contributed by atoms with Crippen molar-refractivity contribution in [3.8, 4) is 17.2 Å². The van der Waals surface area contributed by atoms with Crippen molar-refractivity contribution in [2.24, 2.45) is 0 Å². The number of methoxy groups -OCH3 is 3. The number of benzene rings is 2. The van der Waals surface area contributed by atoms with Crippen molar-refractivity contribution < 1.29 is 19.0 Å². The second-order valence-corrected chi connectivity index (χ2v) is 9.04. The Balaban J connectivity index is 1.66. The lowest BCUT2D eigenvalue weighted by Gasteiger charge is -2.36. The third kappa shape index (κ3) is 3.45. The number of carbonyl (C=O) groups excluding carboxylic acids is 1. The molecule has 0 saturated carbocycles. The van der Waals surface area contributed by atoms with Gasteiger partial charge < -0.3 is 19.5 Å². The lowest BCUT2D eigenvalue weighted by molar-refractivity contribution is -0.116. The first-order valence-electron chi connectivity index (χ1n) is 10.6. The van der Waals surface area contributed by atoms with Crippen molar-refractivity contribution >= 4 is 22.8 Å². The first-order valence-corrected chi connectivity index (χ1v) is 11.5. The molecular formula is C26H25NO4S. The fourth-order valence-electron chi connectivity index (χ4n) is 4.81. The molecule has 6 heteroatoms. The smallest absolute Gasteiger partial charge is 0.162 e. The molecule has 32 heavy (non-hydrogen) atoms. The van der Waals surface area contributed by atoms with Crippen molar-refractivity contribution in [1.29, 1.82) is 0 Å². The summed E-state index contributed by atoms with van der Waals surface area (Å²) >= 11 is 1.72. The van der Waals surface area contributed by atoms with Crippen molar-refractivity contribution in [1.82, 2.24) is 0 Å². The summed E-state index contributed by atoms with van der Waals surface area (Å²) in [5.41, 5.74) is 4.86. The van der Waals surface area contributed by atoms with Crippen LogP contribution in [0.4, 0.5) is 5.69 Å². The van der Waals surface area contributed by atoms with Gasteiger partial charge >= 0.3 is 0 Å². The maximum Gasteiger partial charge on any atom is 0.162 e. The average Bonchev–Trinajstić information content (AvgIpc) is 3.37. The Kier molecular flexibility index (Phi) is 5.39. The molecule has 0 fully saturated rings. The van der Waals surface area contributed by atoms with E-state index in [1.807, 2.05) is 36.4 Å². The Morgan fingerprint density at radius 1 is 0.938 bits per heavy atom. The molecule has 1 aliphatic carbocycles. The molecule has 2 aromatic carbocycles. The highest BCUT2D eigenvalue weighted by Gasteiger charge is 2.39. The summed E-state index contributed by atoms with van der Waals surface area (Å²) in [6.07, 6.45) is 1.33. The Bertz CT molecular complexity index is 1180. The topological polar surface area (TPSA) is 56.8 Å². The van der Waals surface area contributed by atoms with Gasteiger partial charge in [-0.2, -0.15) is 0 Å². The molecule has 5 nitrogen and oxygen atoms in total. The molecule has 0 radical (unpaired) electrons. The quantitative estimate of drug-likeness (QED) is 0.541. The monoisotopic (exact) mass is 447 g/mol. The van der Waals surface area contributed by atoms with Crippen LogP contribution < -0.4 is 19.5 Å². The van der Waals surface area contributed by atoms with E-state index in [0.717, 1.165) is 40.3 Å². The predicted molar refractivity (Wildman–Crippen MR) is 126 cm³/mol. The van der Waals surface area contributed by atoms with Gasteiger partial charge in [0, 0.05) is 46.2 Å². The summed E-state index contributed by atoms with van der Waals surface area (Å²) < 4.78 is 16.5. The number of nitrogens with one attached hydrogen (secondary N) is 1. The molecule has 5 rings (SSSR count). The maximum atomic E-state index is 13.6. The first kappa shape index (κ1) is 20.6. The molecule has 1 aromatic heterocycles. The van der Waals surface area contributed by atoms with Crippen LogP contribution in [-0.2, 0) is 4.79 Å². The van der Waals surface area contributed by atoms with Crippen LogP contribution in [-0.4, -0.2) is 27.1 Å². The zero-order chi connectivity index (χ0) is 22.2. The lowest BCUT2D eigenvalue weighted by Crippen LogP contribution is -2.29. The van der Waals surface area contributed by atoms with Crippen LogP contribution >= 0.6 is 11.3 Å². The van der Waals surface area contributed by atoms with Crippen LogP contribution in [0.1, 0.15) is 40.7 Å². The number of fused-ring (bicyclic) bond motifs is 1. The number of allylic oxidation sites excluding steroid dienone is 2. The van der Waals surface area contributed by atoms with Gasteiger partial charge in [-0.25, -0.2) is 0 Å². The van der Waals surface area contributed by atoms with Gasteiger partial charge in [0.15, 0.2) is 17.3 Å². The van der Waals surface area contributed by atoms with E-state index in [1.165, 1.54) is 4.88 Å². The van der Waals surface area contributed by atoms with Crippen LogP contribution in [0, 0.1) is 0 Å². The van der Waals surface area contributed by atoms with E-state index in [1.54, 1.807) is 32.7 Å². The summed E-state index contributed by atoms with van der Waals surface area (Å²) in [6, 6.07) is 16.1. The molecule has 3 aromatic rings. The second kappa shape index (κ2) is 8.36. The van der Waals surface area contributed by atoms with Crippen LogP contribution in [0.3, 0.4) is 0 Å². The fraction of sp³-hybridized carbons (Fsp3) is 0.269. The predicted octanol–water partition coefficient (Wildman–Crippen LogP) is 5.73. The zero-order valence-corrected chi connectivity index (χ0v) is 19.1. The number of hydrogen-bond acceptors (Lipinski definition) is 6. The number of anilines is 1. The molecule has 0 amide bonds. The van der Waals surface area contributed by atoms with Crippen molar-refractivity contribution in [3.63, 3.8) is 0 Å². The van der Waals surface area contributed by atoms with E-state index in [2.05, 4.69) is 22.8 Å². The molecule has 164 valence electrons. The molecular weight excluding hydrogens is 422 g/mol. The van der Waals surface area contributed by atoms with Gasteiger partial charge in [0.05, 0.1) is 21.3 Å². The summed E-state index contributed by atoms with van der Waals surface area (Å²) in [5, 5.41) is 5.65. The molecule has 2 heterocycles. The summed E-state index contributed by atoms with van der Waals surface area (Å²) in [7, 11) is 4.92. The normalized spacial score (nSPS) is 19.7. The number of thiophene rings is 1. The third-order valence-corrected chi connectivity index (χ3v) is 7.38. The highest BCUT2D eigenvalue weighted by Crippen LogP contribution is 2.50. The maximum absolute atomic E-state index is 13.6. The molecule has 2 atom stereocenters. The summed E-state index contributed by atoms with van der Waals surface area (Å²) in [4.78, 5) is 14.8. The minimum atomic E-state index is -0.177. The second-order valence-electron chi connectivity index (χ2n) is 8.06. The highest BCUT2D eigenvalue weighted by atomic mass is 32.1. The van der Waals surface area contributed by atoms with Gasteiger partial charge in [-0.3, -0.25) is 4.79 Å². The van der Waals surface area contributed by atoms with E-state index in [4.69, 9.17) is 14.2 Å². The number of carbonyl (C=O) groups is 1. The van der Waals surface area contributed by atoms with Gasteiger partial charge in [-0.1, -0.05) is 18.2 Å².